The highest BCUT2D eigenvalue weighted by molar-refractivity contribution is 6.31. The van der Waals surface area contributed by atoms with Gasteiger partial charge in [0.25, 0.3) is 0 Å². The molecule has 1 aromatic heterocycles. The summed E-state index contributed by atoms with van der Waals surface area (Å²) in [5.41, 5.74) is 1.91. The monoisotopic (exact) mass is 303 g/mol. The minimum atomic E-state index is -1.01. The van der Waals surface area contributed by atoms with E-state index in [0.717, 1.165) is 5.52 Å². The number of fused-ring (bicyclic) bond motifs is 1. The molecule has 0 unspecified atom stereocenters. The van der Waals surface area contributed by atoms with Crippen LogP contribution in [0.4, 0.5) is 4.39 Å². The number of carboxylic acids is 1. The molecule has 0 radical (unpaired) electrons. The first-order valence-electron chi connectivity index (χ1n) is 6.26. The summed E-state index contributed by atoms with van der Waals surface area (Å²) in [6.07, 6.45) is 1.55. The van der Waals surface area contributed by atoms with Gasteiger partial charge in [0.1, 0.15) is 5.82 Å². The Hall–Kier alpha value is -2.33. The van der Waals surface area contributed by atoms with Crippen molar-refractivity contribution >= 4 is 28.5 Å². The number of nitrogens with zero attached hydrogens (tertiary/aromatic N) is 1. The average Bonchev–Trinajstić information content (AvgIpc) is 2.79. The lowest BCUT2D eigenvalue weighted by atomic mass is 10.0. The predicted molar refractivity (Wildman–Crippen MR) is 80.3 cm³/mol. The zero-order chi connectivity index (χ0) is 15.1. The van der Waals surface area contributed by atoms with Gasteiger partial charge in [-0.05, 0) is 23.8 Å². The van der Waals surface area contributed by atoms with Crippen molar-refractivity contribution in [3.8, 4) is 11.1 Å². The molecule has 0 fully saturated rings. The maximum atomic E-state index is 14.1. The zero-order valence-corrected chi connectivity index (χ0v) is 11.9. The number of rotatable bonds is 2. The van der Waals surface area contributed by atoms with E-state index in [2.05, 4.69) is 0 Å². The molecule has 0 aliphatic heterocycles. The second-order valence-electron chi connectivity index (χ2n) is 4.79. The van der Waals surface area contributed by atoms with Crippen LogP contribution in [0.5, 0.6) is 0 Å². The summed E-state index contributed by atoms with van der Waals surface area (Å²) in [6.45, 7) is 0. The van der Waals surface area contributed by atoms with Gasteiger partial charge in [0.05, 0.1) is 10.6 Å². The molecule has 1 heterocycles. The van der Waals surface area contributed by atoms with E-state index in [4.69, 9.17) is 11.6 Å². The number of aryl methyl sites for hydroxylation is 1. The molecule has 2 aromatic carbocycles. The van der Waals surface area contributed by atoms with Gasteiger partial charge in [-0.15, -0.1) is 0 Å². The number of halogens is 2. The summed E-state index contributed by atoms with van der Waals surface area (Å²) < 4.78 is 15.8. The summed E-state index contributed by atoms with van der Waals surface area (Å²) in [5, 5.41) is 9.86. The van der Waals surface area contributed by atoms with Crippen molar-refractivity contribution in [3.05, 3.63) is 59.0 Å². The van der Waals surface area contributed by atoms with E-state index in [1.165, 1.54) is 6.07 Å². The molecule has 21 heavy (non-hydrogen) atoms. The fourth-order valence-electron chi connectivity index (χ4n) is 2.46. The van der Waals surface area contributed by atoms with Crippen LogP contribution in [0.1, 0.15) is 10.4 Å². The molecule has 106 valence electrons. The Balaban J connectivity index is 2.28. The molecule has 1 N–H and O–H groups in total. The maximum absolute atomic E-state index is 14.1. The first-order chi connectivity index (χ1) is 9.99. The Morgan fingerprint density at radius 3 is 2.76 bits per heavy atom. The second kappa shape index (κ2) is 4.90. The van der Waals surface area contributed by atoms with Crippen molar-refractivity contribution in [3.63, 3.8) is 0 Å². The van der Waals surface area contributed by atoms with Crippen LogP contribution in [0, 0.1) is 5.82 Å². The Labute approximate surface area is 125 Å². The third kappa shape index (κ3) is 2.17. The van der Waals surface area contributed by atoms with Crippen LogP contribution >= 0.6 is 11.6 Å². The SMILES string of the molecule is Cn1cc(C(=O)O)c2cc(-c3cccc(Cl)c3F)ccc21. The van der Waals surface area contributed by atoms with E-state index < -0.39 is 11.8 Å². The number of aromatic carboxylic acids is 1. The normalized spacial score (nSPS) is 11.0. The topological polar surface area (TPSA) is 42.2 Å². The molecule has 0 aliphatic rings. The van der Waals surface area contributed by atoms with Crippen molar-refractivity contribution in [2.45, 2.75) is 0 Å². The quantitative estimate of drug-likeness (QED) is 0.765. The van der Waals surface area contributed by atoms with Gasteiger partial charge in [-0.3, -0.25) is 0 Å². The molecule has 0 bridgehead atoms. The lowest BCUT2D eigenvalue weighted by Gasteiger charge is -2.06. The van der Waals surface area contributed by atoms with Crippen LogP contribution in [-0.2, 0) is 7.05 Å². The standard InChI is InChI=1S/C16H11ClFNO2/c1-19-8-12(16(20)21)11-7-9(5-6-14(11)19)10-3-2-4-13(17)15(10)18/h2-8H,1H3,(H,20,21). The highest BCUT2D eigenvalue weighted by Crippen LogP contribution is 2.31. The summed E-state index contributed by atoms with van der Waals surface area (Å²) in [5.74, 6) is -1.52. The van der Waals surface area contributed by atoms with Gasteiger partial charge in [0.2, 0.25) is 0 Å². The Morgan fingerprint density at radius 2 is 2.05 bits per heavy atom. The number of carboxylic acid groups (broad SMARTS) is 1. The van der Waals surface area contributed by atoms with Crippen LogP contribution in [-0.4, -0.2) is 15.6 Å². The lowest BCUT2D eigenvalue weighted by molar-refractivity contribution is 0.0699. The molecule has 0 amide bonds. The molecule has 3 aromatic rings. The molecule has 0 saturated carbocycles. The predicted octanol–water partition coefficient (Wildman–Crippen LogP) is 4.34. The van der Waals surface area contributed by atoms with Crippen LogP contribution in [0.3, 0.4) is 0 Å². The van der Waals surface area contributed by atoms with Crippen molar-refractivity contribution in [1.82, 2.24) is 4.57 Å². The van der Waals surface area contributed by atoms with Crippen LogP contribution in [0.15, 0.2) is 42.6 Å². The van der Waals surface area contributed by atoms with Crippen molar-refractivity contribution in [2.75, 3.05) is 0 Å². The molecule has 0 spiro atoms. The summed E-state index contributed by atoms with van der Waals surface area (Å²) >= 11 is 5.79. The first-order valence-corrected chi connectivity index (χ1v) is 6.63. The van der Waals surface area contributed by atoms with Crippen molar-refractivity contribution in [2.24, 2.45) is 7.05 Å². The van der Waals surface area contributed by atoms with E-state index in [-0.39, 0.29) is 10.6 Å². The van der Waals surface area contributed by atoms with Gasteiger partial charge >= 0.3 is 5.97 Å². The van der Waals surface area contributed by atoms with Crippen molar-refractivity contribution < 1.29 is 14.3 Å². The van der Waals surface area contributed by atoms with Gasteiger partial charge in [0, 0.05) is 29.7 Å². The third-order valence-corrected chi connectivity index (χ3v) is 3.77. The Kier molecular flexibility index (Phi) is 3.18. The number of hydrogen-bond acceptors (Lipinski definition) is 1. The highest BCUT2D eigenvalue weighted by atomic mass is 35.5. The first kappa shape index (κ1) is 13.6. The minimum Gasteiger partial charge on any atom is -0.478 e. The van der Waals surface area contributed by atoms with E-state index in [1.807, 2.05) is 0 Å². The van der Waals surface area contributed by atoms with Crippen LogP contribution in [0.25, 0.3) is 22.0 Å². The van der Waals surface area contributed by atoms with Gasteiger partial charge in [-0.1, -0.05) is 29.8 Å². The number of carbonyl (C=O) groups is 1. The maximum Gasteiger partial charge on any atom is 0.337 e. The zero-order valence-electron chi connectivity index (χ0n) is 11.1. The minimum absolute atomic E-state index is 0.0408. The van der Waals surface area contributed by atoms with E-state index >= 15 is 0 Å². The van der Waals surface area contributed by atoms with Gasteiger partial charge in [0.15, 0.2) is 0 Å². The molecule has 3 rings (SSSR count). The molecule has 0 aliphatic carbocycles. The third-order valence-electron chi connectivity index (χ3n) is 3.48. The van der Waals surface area contributed by atoms with Gasteiger partial charge < -0.3 is 9.67 Å². The lowest BCUT2D eigenvalue weighted by Crippen LogP contribution is -1.94. The fraction of sp³-hybridized carbons (Fsp3) is 0.0625. The summed E-state index contributed by atoms with van der Waals surface area (Å²) in [6, 6.07) is 9.96. The van der Waals surface area contributed by atoms with Crippen LogP contribution in [0.2, 0.25) is 5.02 Å². The molecule has 5 heteroatoms. The molecule has 3 nitrogen and oxygen atoms in total. The Bertz CT molecular complexity index is 870. The Morgan fingerprint density at radius 1 is 1.29 bits per heavy atom. The summed E-state index contributed by atoms with van der Waals surface area (Å²) in [7, 11) is 1.77. The van der Waals surface area contributed by atoms with Crippen molar-refractivity contribution in [1.29, 1.82) is 0 Å². The molecule has 0 atom stereocenters. The largest absolute Gasteiger partial charge is 0.478 e. The number of hydrogen-bond donors (Lipinski definition) is 1. The number of aromatic nitrogens is 1. The second-order valence-corrected chi connectivity index (χ2v) is 5.20. The van der Waals surface area contributed by atoms with E-state index in [0.29, 0.717) is 16.5 Å². The van der Waals surface area contributed by atoms with E-state index in [9.17, 15) is 14.3 Å². The highest BCUT2D eigenvalue weighted by Gasteiger charge is 2.15. The van der Waals surface area contributed by atoms with Gasteiger partial charge in [-0.25, -0.2) is 9.18 Å². The smallest absolute Gasteiger partial charge is 0.337 e. The molecule has 0 saturated heterocycles. The molecular weight excluding hydrogens is 293 g/mol. The van der Waals surface area contributed by atoms with Gasteiger partial charge in [-0.2, -0.15) is 0 Å². The van der Waals surface area contributed by atoms with E-state index in [1.54, 1.807) is 48.1 Å². The average molecular weight is 304 g/mol. The van der Waals surface area contributed by atoms with Crippen LogP contribution < -0.4 is 0 Å². The number of benzene rings is 2. The summed E-state index contributed by atoms with van der Waals surface area (Å²) in [4.78, 5) is 11.3. The fourth-order valence-corrected chi connectivity index (χ4v) is 2.63. The molecular formula is C16H11ClFNO2.